The maximum absolute atomic E-state index is 10.5. The molecule has 0 bridgehead atoms. The van der Waals surface area contributed by atoms with Crippen LogP contribution in [0.4, 0.5) is 0 Å². The van der Waals surface area contributed by atoms with Gasteiger partial charge in [-0.25, -0.2) is 0 Å². The van der Waals surface area contributed by atoms with Gasteiger partial charge in [0.1, 0.15) is 12.0 Å². The molecule has 76 valence electrons. The molecule has 0 saturated carbocycles. The number of hydrogen-bond acceptors (Lipinski definition) is 4. The van der Waals surface area contributed by atoms with Gasteiger partial charge < -0.3 is 15.3 Å². The van der Waals surface area contributed by atoms with Crippen LogP contribution in [0.25, 0.3) is 10.8 Å². The first-order chi connectivity index (χ1) is 7.13. The zero-order valence-corrected chi connectivity index (χ0v) is 7.64. The van der Waals surface area contributed by atoms with Crippen LogP contribution < -0.4 is 0 Å². The Balaban J connectivity index is 2.91. The highest BCUT2D eigenvalue weighted by atomic mass is 16.3. The number of aldehydes is 1. The number of phenolic OH excluding ortho intramolecular Hbond substituents is 3. The van der Waals surface area contributed by atoms with Crippen LogP contribution in [0.5, 0.6) is 17.2 Å². The Labute approximate surface area is 85.0 Å². The van der Waals surface area contributed by atoms with Gasteiger partial charge in [0, 0.05) is 5.56 Å². The number of phenols is 3. The van der Waals surface area contributed by atoms with E-state index in [9.17, 15) is 20.1 Å². The van der Waals surface area contributed by atoms with Gasteiger partial charge in [0.15, 0.2) is 11.5 Å². The molecule has 0 unspecified atom stereocenters. The largest absolute Gasteiger partial charge is 0.507 e. The summed E-state index contributed by atoms with van der Waals surface area (Å²) in [6.45, 7) is 0. The minimum absolute atomic E-state index is 0.139. The van der Waals surface area contributed by atoms with E-state index in [0.717, 1.165) is 0 Å². The van der Waals surface area contributed by atoms with Crippen LogP contribution >= 0.6 is 0 Å². The van der Waals surface area contributed by atoms with Crippen LogP contribution in [-0.2, 0) is 0 Å². The molecule has 2 rings (SSSR count). The minimum Gasteiger partial charge on any atom is -0.507 e. The third-order valence-electron chi connectivity index (χ3n) is 2.21. The maximum Gasteiger partial charge on any atom is 0.169 e. The molecule has 4 nitrogen and oxygen atoms in total. The third-order valence-corrected chi connectivity index (χ3v) is 2.21. The summed E-state index contributed by atoms with van der Waals surface area (Å²) in [5.74, 6) is -0.929. The van der Waals surface area contributed by atoms with Crippen molar-refractivity contribution in [2.24, 2.45) is 0 Å². The molecule has 2 aromatic rings. The number of carbonyl (C=O) groups excluding carboxylic acids is 1. The molecule has 0 heterocycles. The summed E-state index contributed by atoms with van der Waals surface area (Å²) in [6.07, 6.45) is 0.600. The smallest absolute Gasteiger partial charge is 0.169 e. The summed E-state index contributed by atoms with van der Waals surface area (Å²) < 4.78 is 0. The van der Waals surface area contributed by atoms with Crippen LogP contribution in [0, 0.1) is 0 Å². The maximum atomic E-state index is 10.5. The lowest BCUT2D eigenvalue weighted by Crippen LogP contribution is -1.82. The number of aromatic hydroxyl groups is 3. The number of hydrogen-bond donors (Lipinski definition) is 3. The van der Waals surface area contributed by atoms with E-state index in [-0.39, 0.29) is 22.6 Å². The Morgan fingerprint density at radius 2 is 1.73 bits per heavy atom. The summed E-state index contributed by atoms with van der Waals surface area (Å²) in [5, 5.41) is 28.9. The molecule has 0 saturated heterocycles. The van der Waals surface area contributed by atoms with Gasteiger partial charge in [0.05, 0.1) is 5.39 Å². The first-order valence-corrected chi connectivity index (χ1v) is 4.26. The molecule has 2 aromatic carbocycles. The zero-order chi connectivity index (χ0) is 11.0. The van der Waals surface area contributed by atoms with Gasteiger partial charge in [-0.1, -0.05) is 6.07 Å². The van der Waals surface area contributed by atoms with E-state index in [2.05, 4.69) is 0 Å². The highest BCUT2D eigenvalue weighted by Gasteiger charge is 2.10. The quantitative estimate of drug-likeness (QED) is 0.488. The molecule has 0 radical (unpaired) electrons. The summed E-state index contributed by atoms with van der Waals surface area (Å²) in [6, 6.07) is 5.55. The van der Waals surface area contributed by atoms with Gasteiger partial charge in [0.25, 0.3) is 0 Å². The summed E-state index contributed by atoms with van der Waals surface area (Å²) in [7, 11) is 0. The molecule has 0 amide bonds. The van der Waals surface area contributed by atoms with Crippen molar-refractivity contribution in [2.75, 3.05) is 0 Å². The van der Waals surface area contributed by atoms with E-state index in [1.54, 1.807) is 0 Å². The van der Waals surface area contributed by atoms with Crippen LogP contribution in [-0.4, -0.2) is 21.6 Å². The first kappa shape index (κ1) is 9.33. The van der Waals surface area contributed by atoms with Crippen molar-refractivity contribution in [3.05, 3.63) is 29.8 Å². The van der Waals surface area contributed by atoms with E-state index < -0.39 is 0 Å². The van der Waals surface area contributed by atoms with E-state index >= 15 is 0 Å². The monoisotopic (exact) mass is 204 g/mol. The lowest BCUT2D eigenvalue weighted by Gasteiger charge is -2.05. The van der Waals surface area contributed by atoms with E-state index in [0.29, 0.717) is 17.2 Å². The van der Waals surface area contributed by atoms with Crippen LogP contribution in [0.2, 0.25) is 0 Å². The lowest BCUT2D eigenvalue weighted by molar-refractivity contribution is 0.112. The second kappa shape index (κ2) is 3.16. The number of benzene rings is 2. The number of carbonyl (C=O) groups is 1. The average Bonchev–Trinajstić information content (AvgIpc) is 2.23. The Morgan fingerprint density at radius 1 is 1.00 bits per heavy atom. The molecule has 4 heteroatoms. The highest BCUT2D eigenvalue weighted by molar-refractivity contribution is 5.98. The first-order valence-electron chi connectivity index (χ1n) is 4.26. The molecule has 3 N–H and O–H groups in total. The van der Waals surface area contributed by atoms with Crippen molar-refractivity contribution in [2.45, 2.75) is 0 Å². The van der Waals surface area contributed by atoms with E-state index in [1.807, 2.05) is 0 Å². The van der Waals surface area contributed by atoms with Gasteiger partial charge in [0.2, 0.25) is 0 Å². The minimum atomic E-state index is -0.387. The van der Waals surface area contributed by atoms with Gasteiger partial charge in [-0.2, -0.15) is 0 Å². The fourth-order valence-electron chi connectivity index (χ4n) is 1.50. The van der Waals surface area contributed by atoms with Crippen molar-refractivity contribution in [1.82, 2.24) is 0 Å². The predicted octanol–water partition coefficient (Wildman–Crippen LogP) is 1.77. The SMILES string of the molecule is O=Cc1cc(O)c2c(O)c(O)ccc2c1. The van der Waals surface area contributed by atoms with Crippen molar-refractivity contribution >= 4 is 17.1 Å². The molecule has 15 heavy (non-hydrogen) atoms. The van der Waals surface area contributed by atoms with Crippen molar-refractivity contribution in [1.29, 1.82) is 0 Å². The predicted molar refractivity (Wildman–Crippen MR) is 54.3 cm³/mol. The highest BCUT2D eigenvalue weighted by Crippen LogP contribution is 2.39. The second-order valence-electron chi connectivity index (χ2n) is 3.19. The molecule has 0 aliphatic rings. The topological polar surface area (TPSA) is 77.8 Å². The number of fused-ring (bicyclic) bond motifs is 1. The van der Waals surface area contributed by atoms with Crippen LogP contribution in [0.3, 0.4) is 0 Å². The van der Waals surface area contributed by atoms with Crippen molar-refractivity contribution in [3.8, 4) is 17.2 Å². The second-order valence-corrected chi connectivity index (χ2v) is 3.19. The Morgan fingerprint density at radius 3 is 2.40 bits per heavy atom. The summed E-state index contributed by atoms with van der Waals surface area (Å²) >= 11 is 0. The molecule has 0 atom stereocenters. The molecule has 0 fully saturated rings. The fraction of sp³-hybridized carbons (Fsp3) is 0. The lowest BCUT2D eigenvalue weighted by atomic mass is 10.1. The van der Waals surface area contributed by atoms with Gasteiger partial charge in [-0.15, -0.1) is 0 Å². The molecule has 0 aliphatic carbocycles. The average molecular weight is 204 g/mol. The van der Waals surface area contributed by atoms with Crippen molar-refractivity contribution < 1.29 is 20.1 Å². The Bertz CT molecular complexity index is 546. The van der Waals surface area contributed by atoms with Gasteiger partial charge in [-0.3, -0.25) is 4.79 Å². The van der Waals surface area contributed by atoms with Crippen molar-refractivity contribution in [3.63, 3.8) is 0 Å². The Kier molecular flexibility index (Phi) is 1.97. The number of rotatable bonds is 1. The van der Waals surface area contributed by atoms with Gasteiger partial charge in [-0.05, 0) is 23.6 Å². The fourth-order valence-corrected chi connectivity index (χ4v) is 1.50. The molecule has 0 aromatic heterocycles. The normalized spacial score (nSPS) is 10.4. The van der Waals surface area contributed by atoms with E-state index in [4.69, 9.17) is 0 Å². The summed E-state index contributed by atoms with van der Waals surface area (Å²) in [4.78, 5) is 10.5. The van der Waals surface area contributed by atoms with Crippen LogP contribution in [0.1, 0.15) is 10.4 Å². The summed E-state index contributed by atoms with van der Waals surface area (Å²) in [5.41, 5.74) is 0.310. The Hall–Kier alpha value is -2.23. The van der Waals surface area contributed by atoms with Crippen LogP contribution in [0.15, 0.2) is 24.3 Å². The molecule has 0 spiro atoms. The molecular formula is C11H8O4. The van der Waals surface area contributed by atoms with E-state index in [1.165, 1.54) is 24.3 Å². The molecule has 0 aliphatic heterocycles. The standard InChI is InChI=1S/C11H8O4/c12-5-6-3-7-1-2-8(13)11(15)10(7)9(14)4-6/h1-5,13-15H. The third kappa shape index (κ3) is 1.36. The zero-order valence-electron chi connectivity index (χ0n) is 7.64. The molecular weight excluding hydrogens is 196 g/mol. The van der Waals surface area contributed by atoms with Gasteiger partial charge >= 0.3 is 0 Å².